The van der Waals surface area contributed by atoms with Crippen LogP contribution < -0.4 is 5.32 Å². The van der Waals surface area contributed by atoms with Crippen LogP contribution in [0.15, 0.2) is 0 Å². The molecule has 0 aromatic rings. The first kappa shape index (κ1) is 8.52. The van der Waals surface area contributed by atoms with Crippen LogP contribution in [0.1, 0.15) is 26.2 Å². The van der Waals surface area contributed by atoms with Crippen LogP contribution in [0.2, 0.25) is 0 Å². The third-order valence-corrected chi connectivity index (χ3v) is 3.51. The summed E-state index contributed by atoms with van der Waals surface area (Å²) in [6.07, 6.45) is 4.24. The topological polar surface area (TPSA) is 15.3 Å². The van der Waals surface area contributed by atoms with E-state index in [9.17, 15) is 0 Å². The largest absolute Gasteiger partial charge is 0.318 e. The summed E-state index contributed by atoms with van der Waals surface area (Å²) in [5, 5.41) is 3.35. The van der Waals surface area contributed by atoms with Crippen LogP contribution in [0.25, 0.3) is 0 Å². The zero-order chi connectivity index (χ0) is 8.60. The molecule has 2 fully saturated rings. The maximum atomic E-state index is 3.35. The number of nitrogens with one attached hydrogen (secondary N) is 1. The van der Waals surface area contributed by atoms with Gasteiger partial charge in [-0.05, 0) is 38.8 Å². The molecule has 0 bridgehead atoms. The number of fused-ring (bicyclic) bond motifs is 1. The second-order valence-corrected chi connectivity index (χ2v) is 4.61. The standard InChI is InChI=1S/C10H20N2/c1-9-6-10(8-11-2)4-3-5-12(10)7-9/h9,11H,3-8H2,1-2H3. The summed E-state index contributed by atoms with van der Waals surface area (Å²) in [5.41, 5.74) is 0.550. The van der Waals surface area contributed by atoms with Crippen LogP contribution >= 0.6 is 0 Å². The van der Waals surface area contributed by atoms with Crippen molar-refractivity contribution in [2.24, 2.45) is 5.92 Å². The Bertz CT molecular complexity index is 169. The maximum absolute atomic E-state index is 3.35. The molecule has 1 N–H and O–H groups in total. The Labute approximate surface area is 75.3 Å². The molecule has 0 amide bonds. The normalized spacial score (nSPS) is 42.0. The first-order valence-corrected chi connectivity index (χ1v) is 5.16. The van der Waals surface area contributed by atoms with Gasteiger partial charge in [0, 0.05) is 18.6 Å². The molecule has 2 unspecified atom stereocenters. The monoisotopic (exact) mass is 168 g/mol. The van der Waals surface area contributed by atoms with Gasteiger partial charge in [-0.25, -0.2) is 0 Å². The van der Waals surface area contributed by atoms with E-state index in [4.69, 9.17) is 0 Å². The van der Waals surface area contributed by atoms with E-state index in [1.807, 2.05) is 0 Å². The molecule has 2 aliphatic heterocycles. The molecular weight excluding hydrogens is 148 g/mol. The third kappa shape index (κ3) is 1.17. The highest BCUT2D eigenvalue weighted by atomic mass is 15.3. The Morgan fingerprint density at radius 3 is 3.17 bits per heavy atom. The van der Waals surface area contributed by atoms with Gasteiger partial charge in [-0.15, -0.1) is 0 Å². The van der Waals surface area contributed by atoms with Crippen LogP contribution in [0.3, 0.4) is 0 Å². The number of hydrogen-bond donors (Lipinski definition) is 1. The van der Waals surface area contributed by atoms with E-state index in [0.29, 0.717) is 5.54 Å². The molecule has 2 saturated heterocycles. The lowest BCUT2D eigenvalue weighted by atomic mass is 9.91. The van der Waals surface area contributed by atoms with Crippen LogP contribution in [-0.2, 0) is 0 Å². The fourth-order valence-electron chi connectivity index (χ4n) is 3.20. The van der Waals surface area contributed by atoms with Crippen molar-refractivity contribution in [3.63, 3.8) is 0 Å². The second kappa shape index (κ2) is 3.00. The van der Waals surface area contributed by atoms with Gasteiger partial charge in [0.2, 0.25) is 0 Å². The summed E-state index contributed by atoms with van der Waals surface area (Å²) in [5.74, 6) is 0.915. The number of rotatable bonds is 2. The van der Waals surface area contributed by atoms with E-state index in [1.165, 1.54) is 38.9 Å². The van der Waals surface area contributed by atoms with Crippen LogP contribution in [0, 0.1) is 5.92 Å². The van der Waals surface area contributed by atoms with E-state index in [0.717, 1.165) is 5.92 Å². The lowest BCUT2D eigenvalue weighted by molar-refractivity contribution is 0.193. The van der Waals surface area contributed by atoms with E-state index >= 15 is 0 Å². The Hall–Kier alpha value is -0.0800. The molecule has 0 aliphatic carbocycles. The van der Waals surface area contributed by atoms with Crippen LogP contribution in [-0.4, -0.2) is 37.1 Å². The van der Waals surface area contributed by atoms with Crippen molar-refractivity contribution < 1.29 is 0 Å². The Morgan fingerprint density at radius 2 is 2.42 bits per heavy atom. The molecule has 2 aliphatic rings. The van der Waals surface area contributed by atoms with Crippen molar-refractivity contribution in [3.05, 3.63) is 0 Å². The highest BCUT2D eigenvalue weighted by molar-refractivity contribution is 5.03. The molecule has 12 heavy (non-hydrogen) atoms. The molecule has 2 heterocycles. The van der Waals surface area contributed by atoms with Gasteiger partial charge in [0.1, 0.15) is 0 Å². The first-order valence-electron chi connectivity index (χ1n) is 5.16. The Kier molecular flexibility index (Phi) is 2.13. The summed E-state index contributed by atoms with van der Waals surface area (Å²) >= 11 is 0. The average molecular weight is 168 g/mol. The summed E-state index contributed by atoms with van der Waals surface area (Å²) in [4.78, 5) is 2.70. The van der Waals surface area contributed by atoms with Crippen molar-refractivity contribution in [2.75, 3.05) is 26.7 Å². The smallest absolute Gasteiger partial charge is 0.0337 e. The molecule has 0 aromatic carbocycles. The van der Waals surface area contributed by atoms with Crippen molar-refractivity contribution in [1.82, 2.24) is 10.2 Å². The summed E-state index contributed by atoms with van der Waals surface area (Å²) in [6, 6.07) is 0. The molecule has 2 nitrogen and oxygen atoms in total. The quantitative estimate of drug-likeness (QED) is 0.664. The average Bonchev–Trinajstić information content (AvgIpc) is 2.44. The fraction of sp³-hybridized carbons (Fsp3) is 1.00. The molecule has 0 aromatic heterocycles. The van der Waals surface area contributed by atoms with Gasteiger partial charge in [-0.1, -0.05) is 6.92 Å². The molecule has 70 valence electrons. The predicted octanol–water partition coefficient (Wildman–Crippen LogP) is 1.08. The highest BCUT2D eigenvalue weighted by Gasteiger charge is 2.46. The lowest BCUT2D eigenvalue weighted by Gasteiger charge is -2.31. The summed E-state index contributed by atoms with van der Waals surface area (Å²) in [7, 11) is 2.08. The van der Waals surface area contributed by atoms with Gasteiger partial charge in [0.25, 0.3) is 0 Å². The summed E-state index contributed by atoms with van der Waals surface area (Å²) in [6.45, 7) is 6.25. The zero-order valence-corrected chi connectivity index (χ0v) is 8.27. The van der Waals surface area contributed by atoms with E-state index in [1.54, 1.807) is 0 Å². The minimum atomic E-state index is 0.550. The predicted molar refractivity (Wildman–Crippen MR) is 51.2 cm³/mol. The molecular formula is C10H20N2. The van der Waals surface area contributed by atoms with E-state index in [2.05, 4.69) is 24.2 Å². The molecule has 0 radical (unpaired) electrons. The van der Waals surface area contributed by atoms with Crippen molar-refractivity contribution in [3.8, 4) is 0 Å². The van der Waals surface area contributed by atoms with Crippen LogP contribution in [0.4, 0.5) is 0 Å². The second-order valence-electron chi connectivity index (χ2n) is 4.61. The van der Waals surface area contributed by atoms with Gasteiger partial charge in [0.15, 0.2) is 0 Å². The molecule has 0 spiro atoms. The number of nitrogens with zero attached hydrogens (tertiary/aromatic N) is 1. The molecule has 0 saturated carbocycles. The van der Waals surface area contributed by atoms with Crippen LogP contribution in [0.5, 0.6) is 0 Å². The Morgan fingerprint density at radius 1 is 1.58 bits per heavy atom. The van der Waals surface area contributed by atoms with Gasteiger partial charge in [0.05, 0.1) is 0 Å². The van der Waals surface area contributed by atoms with Crippen molar-refractivity contribution >= 4 is 0 Å². The summed E-state index contributed by atoms with van der Waals surface area (Å²) < 4.78 is 0. The number of likely N-dealkylation sites (N-methyl/N-ethyl adjacent to an activating group) is 1. The van der Waals surface area contributed by atoms with Gasteiger partial charge in [-0.2, -0.15) is 0 Å². The lowest BCUT2D eigenvalue weighted by Crippen LogP contribution is -2.45. The SMILES string of the molecule is CNCC12CCCN1CC(C)C2. The molecule has 2 atom stereocenters. The molecule has 2 heteroatoms. The van der Waals surface area contributed by atoms with Crippen molar-refractivity contribution in [2.45, 2.75) is 31.7 Å². The minimum absolute atomic E-state index is 0.550. The van der Waals surface area contributed by atoms with Gasteiger partial charge in [-0.3, -0.25) is 4.90 Å². The third-order valence-electron chi connectivity index (χ3n) is 3.51. The fourth-order valence-corrected chi connectivity index (χ4v) is 3.20. The van der Waals surface area contributed by atoms with Gasteiger partial charge >= 0.3 is 0 Å². The minimum Gasteiger partial charge on any atom is -0.318 e. The Balaban J connectivity index is 2.09. The number of hydrogen-bond acceptors (Lipinski definition) is 2. The van der Waals surface area contributed by atoms with Gasteiger partial charge < -0.3 is 5.32 Å². The van der Waals surface area contributed by atoms with E-state index in [-0.39, 0.29) is 0 Å². The zero-order valence-electron chi connectivity index (χ0n) is 8.27. The first-order chi connectivity index (χ1) is 5.77. The van der Waals surface area contributed by atoms with E-state index < -0.39 is 0 Å². The molecule has 2 rings (SSSR count). The maximum Gasteiger partial charge on any atom is 0.0337 e. The van der Waals surface area contributed by atoms with Crippen molar-refractivity contribution in [1.29, 1.82) is 0 Å². The highest BCUT2D eigenvalue weighted by Crippen LogP contribution is 2.40.